The lowest BCUT2D eigenvalue weighted by Gasteiger charge is -2.19. The molecule has 0 aliphatic carbocycles. The minimum Gasteiger partial charge on any atom is -0.507 e. The summed E-state index contributed by atoms with van der Waals surface area (Å²) in [5, 5.41) is 14.0. The number of aryl methyl sites for hydroxylation is 1. The van der Waals surface area contributed by atoms with E-state index in [0.717, 1.165) is 23.5 Å². The van der Waals surface area contributed by atoms with Crippen LogP contribution in [0.1, 0.15) is 44.4 Å². The van der Waals surface area contributed by atoms with Crippen molar-refractivity contribution in [2.45, 2.75) is 46.1 Å². The molecular formula is C18H25ClN4O. The summed E-state index contributed by atoms with van der Waals surface area (Å²) >= 11 is 6.05. The Morgan fingerprint density at radius 2 is 2.00 bits per heavy atom. The van der Waals surface area contributed by atoms with Gasteiger partial charge in [0, 0.05) is 28.9 Å². The van der Waals surface area contributed by atoms with Crippen LogP contribution in [0.4, 0.5) is 5.82 Å². The van der Waals surface area contributed by atoms with Crippen LogP contribution in [0.2, 0.25) is 5.02 Å². The number of nitrogens with two attached hydrogens (primary N) is 1. The van der Waals surface area contributed by atoms with Crippen LogP contribution in [-0.4, -0.2) is 27.7 Å². The zero-order chi connectivity index (χ0) is 17.9. The molecule has 1 aromatic heterocycles. The Balaban J connectivity index is 2.51. The zero-order valence-corrected chi connectivity index (χ0v) is 15.4. The Bertz CT molecular complexity index is 718. The fraction of sp³-hybridized carbons (Fsp3) is 0.444. The van der Waals surface area contributed by atoms with Crippen LogP contribution >= 0.6 is 11.6 Å². The smallest absolute Gasteiger partial charge is 0.165 e. The number of hydrogen-bond donors (Lipinski definition) is 3. The third-order valence-electron chi connectivity index (χ3n) is 3.97. The van der Waals surface area contributed by atoms with Crippen LogP contribution in [0.3, 0.4) is 0 Å². The lowest BCUT2D eigenvalue weighted by atomic mass is 10.0. The van der Waals surface area contributed by atoms with E-state index in [0.29, 0.717) is 23.0 Å². The molecule has 0 unspecified atom stereocenters. The number of aromatic hydroxyl groups is 1. The molecule has 1 aromatic carbocycles. The van der Waals surface area contributed by atoms with Gasteiger partial charge in [-0.3, -0.25) is 0 Å². The van der Waals surface area contributed by atoms with Crippen LogP contribution in [0, 0.1) is 6.92 Å². The number of benzene rings is 1. The highest BCUT2D eigenvalue weighted by Gasteiger charge is 2.18. The van der Waals surface area contributed by atoms with Crippen LogP contribution < -0.4 is 11.1 Å². The van der Waals surface area contributed by atoms with Crippen molar-refractivity contribution in [3.8, 4) is 17.1 Å². The molecule has 6 heteroatoms. The molecule has 0 aliphatic rings. The maximum absolute atomic E-state index is 10.1. The Hall–Kier alpha value is -1.85. The van der Waals surface area contributed by atoms with Gasteiger partial charge in [-0.25, -0.2) is 9.97 Å². The number of phenolic OH excluding ortho intramolecular Hbond substituents is 1. The first-order valence-electron chi connectivity index (χ1n) is 8.20. The first kappa shape index (κ1) is 18.5. The Morgan fingerprint density at radius 3 is 2.62 bits per heavy atom. The van der Waals surface area contributed by atoms with Gasteiger partial charge in [0.2, 0.25) is 0 Å². The standard InChI is InChI=1S/C18H25ClN4O/c1-5-13(20)9-21-18-16(10(2)3)11(4)22-17(23-18)14-8-12(19)6-7-15(14)24/h6-8,10,13,24H,5,9,20H2,1-4H3,(H,21,22,23)/t13-/m1/s1. The molecule has 0 saturated carbocycles. The van der Waals surface area contributed by atoms with E-state index in [1.807, 2.05) is 6.92 Å². The number of hydrogen-bond acceptors (Lipinski definition) is 5. The molecule has 130 valence electrons. The Kier molecular flexibility index (Phi) is 6.02. The third-order valence-corrected chi connectivity index (χ3v) is 4.20. The highest BCUT2D eigenvalue weighted by atomic mass is 35.5. The molecule has 0 aliphatic heterocycles. The van der Waals surface area contributed by atoms with Gasteiger partial charge in [0.25, 0.3) is 0 Å². The topological polar surface area (TPSA) is 84.1 Å². The fourth-order valence-corrected chi connectivity index (χ4v) is 2.76. The molecule has 2 rings (SSSR count). The van der Waals surface area contributed by atoms with E-state index in [2.05, 4.69) is 36.1 Å². The van der Waals surface area contributed by atoms with E-state index < -0.39 is 0 Å². The highest BCUT2D eigenvalue weighted by molar-refractivity contribution is 6.30. The van der Waals surface area contributed by atoms with E-state index in [1.165, 1.54) is 0 Å². The Morgan fingerprint density at radius 1 is 1.29 bits per heavy atom. The van der Waals surface area contributed by atoms with Crippen molar-refractivity contribution in [1.82, 2.24) is 9.97 Å². The molecule has 1 atom stereocenters. The van der Waals surface area contributed by atoms with Gasteiger partial charge in [-0.1, -0.05) is 32.4 Å². The second kappa shape index (κ2) is 7.81. The largest absolute Gasteiger partial charge is 0.507 e. The summed E-state index contributed by atoms with van der Waals surface area (Å²) < 4.78 is 0. The molecule has 5 nitrogen and oxygen atoms in total. The first-order valence-corrected chi connectivity index (χ1v) is 8.58. The van der Waals surface area contributed by atoms with Gasteiger partial charge in [-0.2, -0.15) is 0 Å². The summed E-state index contributed by atoms with van der Waals surface area (Å²) in [6, 6.07) is 4.91. The van der Waals surface area contributed by atoms with Crippen molar-refractivity contribution in [3.05, 3.63) is 34.5 Å². The van der Waals surface area contributed by atoms with Gasteiger partial charge in [-0.15, -0.1) is 0 Å². The summed E-state index contributed by atoms with van der Waals surface area (Å²) in [7, 11) is 0. The lowest BCUT2D eigenvalue weighted by molar-refractivity contribution is 0.477. The Labute approximate surface area is 148 Å². The average Bonchev–Trinajstić information content (AvgIpc) is 2.53. The third kappa shape index (κ3) is 4.16. The van der Waals surface area contributed by atoms with E-state index in [4.69, 9.17) is 17.3 Å². The summed E-state index contributed by atoms with van der Waals surface area (Å²) in [5.74, 6) is 1.58. The SMILES string of the molecule is CC[C@@H](N)CNc1nc(-c2cc(Cl)ccc2O)nc(C)c1C(C)C. The quantitative estimate of drug-likeness (QED) is 0.732. The normalized spacial score (nSPS) is 12.5. The molecule has 0 saturated heterocycles. The molecule has 1 heterocycles. The fourth-order valence-electron chi connectivity index (χ4n) is 2.59. The minimum atomic E-state index is 0.0586. The van der Waals surface area contributed by atoms with Gasteiger partial charge >= 0.3 is 0 Å². The summed E-state index contributed by atoms with van der Waals surface area (Å²) in [4.78, 5) is 9.21. The molecule has 2 aromatic rings. The van der Waals surface area contributed by atoms with Crippen molar-refractivity contribution >= 4 is 17.4 Å². The molecule has 0 radical (unpaired) electrons. The maximum Gasteiger partial charge on any atom is 0.165 e. The first-order chi connectivity index (χ1) is 11.3. The van der Waals surface area contributed by atoms with Crippen LogP contribution in [0.15, 0.2) is 18.2 Å². The van der Waals surface area contributed by atoms with Crippen molar-refractivity contribution in [2.24, 2.45) is 5.73 Å². The number of halogens is 1. The molecule has 24 heavy (non-hydrogen) atoms. The van der Waals surface area contributed by atoms with Crippen LogP contribution in [-0.2, 0) is 0 Å². The molecule has 4 N–H and O–H groups in total. The highest BCUT2D eigenvalue weighted by Crippen LogP contribution is 2.33. The molecule has 0 amide bonds. The van der Waals surface area contributed by atoms with E-state index in [1.54, 1.807) is 18.2 Å². The van der Waals surface area contributed by atoms with Crippen molar-refractivity contribution in [3.63, 3.8) is 0 Å². The maximum atomic E-state index is 10.1. The predicted octanol–water partition coefficient (Wildman–Crippen LogP) is 4.08. The van der Waals surface area contributed by atoms with E-state index in [9.17, 15) is 5.11 Å². The van der Waals surface area contributed by atoms with Crippen LogP contribution in [0.5, 0.6) is 5.75 Å². The molecular weight excluding hydrogens is 324 g/mol. The minimum absolute atomic E-state index is 0.0586. The van der Waals surface area contributed by atoms with Gasteiger partial charge < -0.3 is 16.2 Å². The van der Waals surface area contributed by atoms with Gasteiger partial charge in [-0.05, 0) is 37.5 Å². The number of nitrogens with zero attached hydrogens (tertiary/aromatic N) is 2. The van der Waals surface area contributed by atoms with Crippen molar-refractivity contribution in [1.29, 1.82) is 0 Å². The monoisotopic (exact) mass is 348 g/mol. The van der Waals surface area contributed by atoms with E-state index in [-0.39, 0.29) is 17.7 Å². The summed E-state index contributed by atoms with van der Waals surface area (Å²) in [6.07, 6.45) is 0.885. The van der Waals surface area contributed by atoms with Crippen LogP contribution in [0.25, 0.3) is 11.4 Å². The van der Waals surface area contributed by atoms with Gasteiger partial charge in [0.05, 0.1) is 5.56 Å². The molecule has 0 fully saturated rings. The number of anilines is 1. The van der Waals surface area contributed by atoms with Crippen molar-refractivity contribution in [2.75, 3.05) is 11.9 Å². The number of nitrogens with one attached hydrogen (secondary N) is 1. The summed E-state index contributed by atoms with van der Waals surface area (Å²) in [6.45, 7) is 8.84. The number of aromatic nitrogens is 2. The number of rotatable bonds is 6. The second-order valence-corrected chi connectivity index (χ2v) is 6.70. The lowest BCUT2D eigenvalue weighted by Crippen LogP contribution is -2.29. The average molecular weight is 349 g/mol. The summed E-state index contributed by atoms with van der Waals surface area (Å²) in [5.41, 5.74) is 8.47. The molecule has 0 bridgehead atoms. The van der Waals surface area contributed by atoms with E-state index >= 15 is 0 Å². The zero-order valence-electron chi connectivity index (χ0n) is 14.6. The van der Waals surface area contributed by atoms with Crippen molar-refractivity contribution < 1.29 is 5.11 Å². The van der Waals surface area contributed by atoms with Gasteiger partial charge in [0.1, 0.15) is 11.6 Å². The predicted molar refractivity (Wildman–Crippen MR) is 99.7 cm³/mol. The van der Waals surface area contributed by atoms with Gasteiger partial charge in [0.15, 0.2) is 5.82 Å². The molecule has 0 spiro atoms. The number of phenols is 1. The second-order valence-electron chi connectivity index (χ2n) is 6.26.